The Balaban J connectivity index is 1.80. The molecule has 1 unspecified atom stereocenters. The maximum Gasteiger partial charge on any atom is 0.220 e. The minimum absolute atomic E-state index is 0.0154. The number of amides is 1. The topological polar surface area (TPSA) is 32.3 Å². The Labute approximate surface area is 147 Å². The first-order valence-electron chi connectivity index (χ1n) is 7.92. The summed E-state index contributed by atoms with van der Waals surface area (Å²) in [5.74, 6) is 0.495. The van der Waals surface area contributed by atoms with Crippen molar-refractivity contribution in [3.8, 4) is 0 Å². The van der Waals surface area contributed by atoms with Crippen molar-refractivity contribution in [2.45, 2.75) is 17.4 Å². The van der Waals surface area contributed by atoms with Gasteiger partial charge < -0.3 is 10.2 Å². The van der Waals surface area contributed by atoms with E-state index in [1.807, 2.05) is 55.4 Å². The number of benzene rings is 2. The minimum atomic E-state index is -0.259. The van der Waals surface area contributed by atoms with Crippen molar-refractivity contribution in [1.29, 1.82) is 0 Å². The Hall–Kier alpha value is -1.85. The van der Waals surface area contributed by atoms with Crippen LogP contribution in [0.3, 0.4) is 0 Å². The first-order chi connectivity index (χ1) is 11.6. The molecule has 2 rings (SSSR count). The molecule has 24 heavy (non-hydrogen) atoms. The van der Waals surface area contributed by atoms with E-state index in [0.29, 0.717) is 13.0 Å². The van der Waals surface area contributed by atoms with E-state index in [1.165, 1.54) is 12.1 Å². The highest BCUT2D eigenvalue weighted by Gasteiger charge is 2.15. The van der Waals surface area contributed by atoms with Gasteiger partial charge in [0, 0.05) is 23.6 Å². The van der Waals surface area contributed by atoms with Crippen molar-refractivity contribution >= 4 is 17.7 Å². The number of halogens is 1. The Morgan fingerprint density at radius 2 is 1.92 bits per heavy atom. The van der Waals surface area contributed by atoms with Gasteiger partial charge in [-0.1, -0.05) is 30.3 Å². The fourth-order valence-corrected chi connectivity index (χ4v) is 3.26. The summed E-state index contributed by atoms with van der Waals surface area (Å²) >= 11 is 1.67. The maximum atomic E-state index is 13.4. The van der Waals surface area contributed by atoms with E-state index >= 15 is 0 Å². The third-order valence-corrected chi connectivity index (χ3v) is 4.70. The van der Waals surface area contributed by atoms with E-state index in [4.69, 9.17) is 0 Å². The molecule has 1 amide bonds. The van der Waals surface area contributed by atoms with Crippen LogP contribution >= 0.6 is 11.8 Å². The smallest absolute Gasteiger partial charge is 0.220 e. The van der Waals surface area contributed by atoms with Gasteiger partial charge >= 0.3 is 0 Å². The summed E-state index contributed by atoms with van der Waals surface area (Å²) in [5, 5.41) is 2.95. The highest BCUT2D eigenvalue weighted by atomic mass is 32.2. The second-order valence-electron chi connectivity index (χ2n) is 5.75. The van der Waals surface area contributed by atoms with Crippen molar-refractivity contribution in [3.63, 3.8) is 0 Å². The number of hydrogen-bond donors (Lipinski definition) is 1. The maximum absolute atomic E-state index is 13.4. The normalized spacial score (nSPS) is 12.2. The highest BCUT2D eigenvalue weighted by molar-refractivity contribution is 7.99. The van der Waals surface area contributed by atoms with Crippen LogP contribution in [0.1, 0.15) is 18.0 Å². The molecule has 128 valence electrons. The Morgan fingerprint density at radius 1 is 1.17 bits per heavy atom. The Bertz CT molecular complexity index is 649. The molecule has 0 aliphatic rings. The molecule has 0 radical (unpaired) electrons. The molecule has 0 aliphatic heterocycles. The van der Waals surface area contributed by atoms with E-state index in [1.54, 1.807) is 17.8 Å². The van der Waals surface area contributed by atoms with E-state index in [0.717, 1.165) is 16.2 Å². The molecular weight excluding hydrogens is 323 g/mol. The van der Waals surface area contributed by atoms with Gasteiger partial charge in [-0.15, -0.1) is 11.8 Å². The van der Waals surface area contributed by atoms with Gasteiger partial charge in [-0.2, -0.15) is 0 Å². The molecule has 0 heterocycles. The number of nitrogens with zero attached hydrogens (tertiary/aromatic N) is 1. The van der Waals surface area contributed by atoms with Crippen LogP contribution in [0, 0.1) is 5.82 Å². The van der Waals surface area contributed by atoms with Crippen LogP contribution in [-0.2, 0) is 4.79 Å². The number of likely N-dealkylation sites (N-methyl/N-ethyl adjacent to an activating group) is 1. The number of hydrogen-bond acceptors (Lipinski definition) is 3. The van der Waals surface area contributed by atoms with Crippen molar-refractivity contribution in [2.24, 2.45) is 0 Å². The molecule has 0 saturated carbocycles. The van der Waals surface area contributed by atoms with Crippen molar-refractivity contribution in [3.05, 3.63) is 66.0 Å². The predicted molar refractivity (Wildman–Crippen MR) is 97.6 cm³/mol. The molecule has 0 aliphatic carbocycles. The summed E-state index contributed by atoms with van der Waals surface area (Å²) in [4.78, 5) is 15.2. The summed E-state index contributed by atoms with van der Waals surface area (Å²) in [7, 11) is 3.85. The SMILES string of the molecule is CN(C)C(CNC(=O)CCSc1ccccc1)c1cccc(F)c1. The first-order valence-corrected chi connectivity index (χ1v) is 8.91. The molecule has 0 bridgehead atoms. The van der Waals surface area contributed by atoms with Gasteiger partial charge in [-0.25, -0.2) is 4.39 Å². The number of carbonyl (C=O) groups excluding carboxylic acids is 1. The van der Waals surface area contributed by atoms with Crippen LogP contribution in [-0.4, -0.2) is 37.2 Å². The van der Waals surface area contributed by atoms with Crippen LogP contribution in [0.25, 0.3) is 0 Å². The highest BCUT2D eigenvalue weighted by Crippen LogP contribution is 2.19. The summed E-state index contributed by atoms with van der Waals surface area (Å²) < 4.78 is 13.4. The lowest BCUT2D eigenvalue weighted by Gasteiger charge is -2.25. The average molecular weight is 346 g/mol. The molecule has 0 fully saturated rings. The minimum Gasteiger partial charge on any atom is -0.354 e. The number of nitrogens with one attached hydrogen (secondary N) is 1. The Kier molecular flexibility index (Phi) is 7.28. The first kappa shape index (κ1) is 18.5. The summed E-state index contributed by atoms with van der Waals surface area (Å²) in [5.41, 5.74) is 0.860. The molecule has 2 aromatic rings. The van der Waals surface area contributed by atoms with Gasteiger partial charge in [0.1, 0.15) is 5.82 Å². The van der Waals surface area contributed by atoms with Gasteiger partial charge in [-0.05, 0) is 43.9 Å². The van der Waals surface area contributed by atoms with Crippen LogP contribution in [0.2, 0.25) is 0 Å². The fourth-order valence-electron chi connectivity index (χ4n) is 2.39. The lowest BCUT2D eigenvalue weighted by Crippen LogP contribution is -2.34. The van der Waals surface area contributed by atoms with Crippen LogP contribution < -0.4 is 5.32 Å². The third kappa shape index (κ3) is 5.98. The van der Waals surface area contributed by atoms with Gasteiger partial charge in [0.2, 0.25) is 5.91 Å². The van der Waals surface area contributed by atoms with Gasteiger partial charge in [0.15, 0.2) is 0 Å². The van der Waals surface area contributed by atoms with E-state index < -0.39 is 0 Å². The second kappa shape index (κ2) is 9.45. The largest absolute Gasteiger partial charge is 0.354 e. The number of carbonyl (C=O) groups is 1. The van der Waals surface area contributed by atoms with E-state index in [2.05, 4.69) is 5.32 Å². The molecule has 0 spiro atoms. The predicted octanol–water partition coefficient (Wildman–Crippen LogP) is 3.73. The van der Waals surface area contributed by atoms with Gasteiger partial charge in [-0.3, -0.25) is 4.79 Å². The standard InChI is InChI=1S/C19H23FN2OS/c1-22(2)18(15-7-6-8-16(20)13-15)14-21-19(23)11-12-24-17-9-4-3-5-10-17/h3-10,13,18H,11-12,14H2,1-2H3,(H,21,23). The quantitative estimate of drug-likeness (QED) is 0.739. The van der Waals surface area contributed by atoms with Crippen LogP contribution in [0.4, 0.5) is 4.39 Å². The van der Waals surface area contributed by atoms with Gasteiger partial charge in [0.25, 0.3) is 0 Å². The average Bonchev–Trinajstić information content (AvgIpc) is 2.56. The monoisotopic (exact) mass is 346 g/mol. The molecule has 2 aromatic carbocycles. The summed E-state index contributed by atoms with van der Waals surface area (Å²) in [6.07, 6.45) is 0.461. The fraction of sp³-hybridized carbons (Fsp3) is 0.316. The molecule has 1 N–H and O–H groups in total. The molecular formula is C19H23FN2OS. The van der Waals surface area contributed by atoms with E-state index in [-0.39, 0.29) is 17.8 Å². The Morgan fingerprint density at radius 3 is 2.58 bits per heavy atom. The number of rotatable bonds is 8. The lowest BCUT2D eigenvalue weighted by molar-refractivity contribution is -0.120. The number of thioether (sulfide) groups is 1. The van der Waals surface area contributed by atoms with Crippen LogP contribution in [0.15, 0.2) is 59.5 Å². The van der Waals surface area contributed by atoms with Crippen molar-refractivity contribution in [1.82, 2.24) is 10.2 Å². The van der Waals surface area contributed by atoms with Crippen molar-refractivity contribution in [2.75, 3.05) is 26.4 Å². The molecule has 1 atom stereocenters. The summed E-state index contributed by atoms with van der Waals surface area (Å²) in [6.45, 7) is 0.464. The zero-order chi connectivity index (χ0) is 17.4. The summed E-state index contributed by atoms with van der Waals surface area (Å²) in [6, 6.07) is 16.5. The van der Waals surface area contributed by atoms with Gasteiger partial charge in [0.05, 0.1) is 6.04 Å². The van der Waals surface area contributed by atoms with E-state index in [9.17, 15) is 9.18 Å². The zero-order valence-corrected chi connectivity index (χ0v) is 14.9. The van der Waals surface area contributed by atoms with Crippen LogP contribution in [0.5, 0.6) is 0 Å². The second-order valence-corrected chi connectivity index (χ2v) is 6.92. The zero-order valence-electron chi connectivity index (χ0n) is 14.0. The third-order valence-electron chi connectivity index (χ3n) is 3.69. The molecule has 0 aromatic heterocycles. The van der Waals surface area contributed by atoms with Crippen molar-refractivity contribution < 1.29 is 9.18 Å². The molecule has 5 heteroatoms. The lowest BCUT2D eigenvalue weighted by atomic mass is 10.1. The molecule has 0 saturated heterocycles. The molecule has 3 nitrogen and oxygen atoms in total.